The average molecular weight is 269 g/mol. The maximum absolute atomic E-state index is 6.44. The zero-order chi connectivity index (χ0) is 14.6. The fraction of sp³-hybridized carbons (Fsp3) is 0.750. The molecule has 18 heavy (non-hydrogen) atoms. The van der Waals surface area contributed by atoms with Crippen LogP contribution in [0.4, 0.5) is 0 Å². The standard InChI is InChI=1S/C16H32OSi/c1-10-12-13-17-18(14(3)11-2,15(4,5)6)16(7,8)9/h10,12-14H,1,11H2,2-9H3/b13-12+. The summed E-state index contributed by atoms with van der Waals surface area (Å²) in [5, 5.41) is 0.401. The fourth-order valence-corrected chi connectivity index (χ4v) is 10.6. The highest BCUT2D eigenvalue weighted by atomic mass is 28.4. The lowest BCUT2D eigenvalue weighted by Gasteiger charge is -2.53. The molecule has 0 aliphatic rings. The maximum Gasteiger partial charge on any atom is 0.263 e. The Kier molecular flexibility index (Phi) is 5.92. The minimum absolute atomic E-state index is 0.201. The second kappa shape index (κ2) is 6.09. The predicted molar refractivity (Wildman–Crippen MR) is 85.3 cm³/mol. The smallest absolute Gasteiger partial charge is 0.263 e. The summed E-state index contributed by atoms with van der Waals surface area (Å²) in [5.74, 6) is 0. The van der Waals surface area contributed by atoms with Gasteiger partial charge in [0.2, 0.25) is 0 Å². The van der Waals surface area contributed by atoms with Crippen molar-refractivity contribution in [3.8, 4) is 0 Å². The third-order valence-corrected chi connectivity index (χ3v) is 10.8. The normalized spacial score (nSPS) is 15.8. The van der Waals surface area contributed by atoms with E-state index in [1.54, 1.807) is 6.08 Å². The van der Waals surface area contributed by atoms with Crippen LogP contribution in [0.3, 0.4) is 0 Å². The van der Waals surface area contributed by atoms with Gasteiger partial charge in [0, 0.05) is 0 Å². The van der Waals surface area contributed by atoms with Gasteiger partial charge in [-0.3, -0.25) is 0 Å². The molecular formula is C16H32OSi. The van der Waals surface area contributed by atoms with Gasteiger partial charge in [-0.05, 0) is 21.7 Å². The van der Waals surface area contributed by atoms with Crippen molar-refractivity contribution >= 4 is 8.32 Å². The minimum atomic E-state index is -1.97. The summed E-state index contributed by atoms with van der Waals surface area (Å²) in [6, 6.07) is 0. The van der Waals surface area contributed by atoms with Crippen LogP contribution in [-0.2, 0) is 4.43 Å². The van der Waals surface area contributed by atoms with Crippen molar-refractivity contribution < 1.29 is 4.43 Å². The summed E-state index contributed by atoms with van der Waals surface area (Å²) >= 11 is 0. The molecule has 0 rings (SSSR count). The van der Waals surface area contributed by atoms with Crippen molar-refractivity contribution in [1.82, 2.24) is 0 Å². The van der Waals surface area contributed by atoms with E-state index in [9.17, 15) is 0 Å². The molecule has 0 bridgehead atoms. The van der Waals surface area contributed by atoms with Crippen molar-refractivity contribution in [1.29, 1.82) is 0 Å². The van der Waals surface area contributed by atoms with Crippen LogP contribution in [0.25, 0.3) is 0 Å². The molecule has 0 aromatic carbocycles. The number of rotatable bonds is 5. The quantitative estimate of drug-likeness (QED) is 0.335. The van der Waals surface area contributed by atoms with E-state index in [4.69, 9.17) is 4.43 Å². The maximum atomic E-state index is 6.44. The highest BCUT2D eigenvalue weighted by molar-refractivity contribution is 6.80. The molecule has 0 saturated heterocycles. The Balaban J connectivity index is 5.72. The van der Waals surface area contributed by atoms with Crippen molar-refractivity contribution in [3.05, 3.63) is 25.0 Å². The molecule has 0 radical (unpaired) electrons. The first-order valence-electron chi connectivity index (χ1n) is 7.00. The molecule has 0 spiro atoms. The highest BCUT2D eigenvalue weighted by Crippen LogP contribution is 2.58. The van der Waals surface area contributed by atoms with Crippen LogP contribution in [0, 0.1) is 0 Å². The van der Waals surface area contributed by atoms with Gasteiger partial charge in [-0.1, -0.05) is 74.5 Å². The van der Waals surface area contributed by atoms with Gasteiger partial charge >= 0.3 is 0 Å². The molecule has 1 nitrogen and oxygen atoms in total. The van der Waals surface area contributed by atoms with Gasteiger partial charge in [-0.15, -0.1) is 0 Å². The lowest BCUT2D eigenvalue weighted by Crippen LogP contribution is -2.56. The Morgan fingerprint density at radius 3 is 1.83 bits per heavy atom. The topological polar surface area (TPSA) is 9.23 Å². The summed E-state index contributed by atoms with van der Waals surface area (Å²) in [4.78, 5) is 0. The Bertz CT molecular complexity index is 277. The molecule has 0 amide bonds. The first kappa shape index (κ1) is 17.5. The average Bonchev–Trinajstić information content (AvgIpc) is 2.19. The van der Waals surface area contributed by atoms with E-state index in [0.717, 1.165) is 0 Å². The monoisotopic (exact) mass is 268 g/mol. The van der Waals surface area contributed by atoms with Gasteiger partial charge in [0.15, 0.2) is 0 Å². The SMILES string of the molecule is C=C/C=C/O[Si](C(C)CC)(C(C)(C)C)C(C)(C)C. The van der Waals surface area contributed by atoms with Crippen molar-refractivity contribution in [3.63, 3.8) is 0 Å². The van der Waals surface area contributed by atoms with E-state index in [1.165, 1.54) is 6.42 Å². The summed E-state index contributed by atoms with van der Waals surface area (Å²) < 4.78 is 6.44. The lowest BCUT2D eigenvalue weighted by molar-refractivity contribution is 0.352. The van der Waals surface area contributed by atoms with E-state index in [1.807, 2.05) is 12.3 Å². The second-order valence-corrected chi connectivity index (χ2v) is 12.9. The molecule has 0 aliphatic carbocycles. The number of allylic oxidation sites excluding steroid dienone is 2. The molecule has 106 valence electrons. The first-order valence-corrected chi connectivity index (χ1v) is 8.98. The number of hydrogen-bond donors (Lipinski definition) is 0. The number of hydrogen-bond acceptors (Lipinski definition) is 1. The zero-order valence-electron chi connectivity index (χ0n) is 13.6. The molecule has 2 heteroatoms. The van der Waals surface area contributed by atoms with Gasteiger partial charge in [-0.2, -0.15) is 0 Å². The van der Waals surface area contributed by atoms with Crippen molar-refractivity contribution in [2.24, 2.45) is 0 Å². The third kappa shape index (κ3) is 3.28. The summed E-state index contributed by atoms with van der Waals surface area (Å²) in [6.45, 7) is 22.3. The van der Waals surface area contributed by atoms with E-state index < -0.39 is 8.32 Å². The van der Waals surface area contributed by atoms with Crippen LogP contribution in [0.5, 0.6) is 0 Å². The van der Waals surface area contributed by atoms with Crippen molar-refractivity contribution in [2.75, 3.05) is 0 Å². The van der Waals surface area contributed by atoms with E-state index in [0.29, 0.717) is 5.54 Å². The molecule has 0 aliphatic heterocycles. The van der Waals surface area contributed by atoms with Crippen molar-refractivity contribution in [2.45, 2.75) is 77.4 Å². The van der Waals surface area contributed by atoms with E-state index in [-0.39, 0.29) is 10.1 Å². The Hall–Kier alpha value is -0.503. The molecule has 0 aromatic rings. The molecule has 1 unspecified atom stereocenters. The zero-order valence-corrected chi connectivity index (χ0v) is 14.6. The van der Waals surface area contributed by atoms with Crippen LogP contribution in [0.15, 0.2) is 25.0 Å². The minimum Gasteiger partial charge on any atom is -0.548 e. The molecule has 0 aromatic heterocycles. The van der Waals surface area contributed by atoms with Crippen LogP contribution < -0.4 is 0 Å². The van der Waals surface area contributed by atoms with E-state index >= 15 is 0 Å². The largest absolute Gasteiger partial charge is 0.548 e. The third-order valence-electron chi connectivity index (χ3n) is 4.00. The van der Waals surface area contributed by atoms with E-state index in [2.05, 4.69) is 62.0 Å². The van der Waals surface area contributed by atoms with Gasteiger partial charge in [-0.25, -0.2) is 0 Å². The molecule has 0 heterocycles. The molecule has 0 N–H and O–H groups in total. The molecule has 1 atom stereocenters. The summed E-state index contributed by atoms with van der Waals surface area (Å²) in [6.07, 6.45) is 6.72. The Morgan fingerprint density at radius 1 is 1.11 bits per heavy atom. The van der Waals surface area contributed by atoms with Gasteiger partial charge in [0.05, 0.1) is 6.26 Å². The first-order chi connectivity index (χ1) is 8.04. The molecular weight excluding hydrogens is 236 g/mol. The summed E-state index contributed by atoms with van der Waals surface area (Å²) in [7, 11) is -1.97. The molecule has 0 saturated carbocycles. The second-order valence-electron chi connectivity index (χ2n) is 7.23. The van der Waals surface area contributed by atoms with Gasteiger partial charge < -0.3 is 4.43 Å². The predicted octanol–water partition coefficient (Wildman–Crippen LogP) is 6.05. The summed E-state index contributed by atoms with van der Waals surface area (Å²) in [5.41, 5.74) is 0.618. The lowest BCUT2D eigenvalue weighted by atomic mass is 10.2. The Morgan fingerprint density at radius 2 is 1.56 bits per heavy atom. The van der Waals surface area contributed by atoms with Crippen LogP contribution in [0.2, 0.25) is 15.6 Å². The van der Waals surface area contributed by atoms with Crippen LogP contribution in [0.1, 0.15) is 61.8 Å². The Labute approximate surface area is 115 Å². The van der Waals surface area contributed by atoms with Gasteiger partial charge in [0.25, 0.3) is 8.32 Å². The highest BCUT2D eigenvalue weighted by Gasteiger charge is 2.59. The van der Waals surface area contributed by atoms with Gasteiger partial charge in [0.1, 0.15) is 0 Å². The van der Waals surface area contributed by atoms with Crippen LogP contribution in [-0.4, -0.2) is 8.32 Å². The molecule has 0 fully saturated rings. The fourth-order valence-electron chi connectivity index (χ4n) is 3.56. The van der Waals surface area contributed by atoms with Crippen LogP contribution >= 0.6 is 0 Å².